The molecule has 186 valence electrons. The van der Waals surface area contributed by atoms with E-state index >= 15 is 0 Å². The third kappa shape index (κ3) is 5.17. The number of piperidine rings is 1. The molecular weight excluding hydrogens is 424 g/mol. The van der Waals surface area contributed by atoms with E-state index in [0.29, 0.717) is 25.1 Å². The molecule has 1 spiro atoms. The summed E-state index contributed by atoms with van der Waals surface area (Å²) in [6.45, 7) is 12.7. The number of hydrogen-bond acceptors (Lipinski definition) is 4. The van der Waals surface area contributed by atoms with Crippen LogP contribution in [0, 0.1) is 19.3 Å². The molecule has 1 amide bonds. The molecule has 1 fully saturated rings. The predicted octanol–water partition coefficient (Wildman–Crippen LogP) is 4.93. The molecule has 0 radical (unpaired) electrons. The number of ether oxygens (including phenoxy) is 1. The van der Waals surface area contributed by atoms with Gasteiger partial charge in [-0.15, -0.1) is 0 Å². The Balaban J connectivity index is 1.44. The summed E-state index contributed by atoms with van der Waals surface area (Å²) >= 11 is 0. The monoisotopic (exact) mass is 466 g/mol. The van der Waals surface area contributed by atoms with E-state index in [1.165, 1.54) is 16.8 Å². The number of hydrogen-bond donors (Lipinski definition) is 0. The van der Waals surface area contributed by atoms with Gasteiger partial charge >= 0.3 is 0 Å². The van der Waals surface area contributed by atoms with Gasteiger partial charge in [0.15, 0.2) is 0 Å². The molecule has 0 aliphatic carbocycles. The predicted molar refractivity (Wildman–Crippen MR) is 136 cm³/mol. The van der Waals surface area contributed by atoms with Gasteiger partial charge in [0.05, 0.1) is 17.7 Å². The lowest BCUT2D eigenvalue weighted by molar-refractivity contribution is -0.145. The first-order chi connectivity index (χ1) is 16.3. The number of rotatable bonds is 3. The highest BCUT2D eigenvalue weighted by Gasteiger charge is 2.42. The number of nitrogens with zero attached hydrogens (tertiary/aromatic N) is 4. The summed E-state index contributed by atoms with van der Waals surface area (Å²) in [5.74, 6) is 1.28. The fourth-order valence-corrected chi connectivity index (χ4v) is 5.79. The minimum absolute atomic E-state index is 0.240. The van der Waals surface area contributed by atoms with Crippen LogP contribution in [0.5, 0.6) is 5.75 Å². The number of aryl methyl sites for hydroxylation is 2. The van der Waals surface area contributed by atoms with E-state index in [1.807, 2.05) is 18.0 Å². The smallest absolute Gasteiger partial charge is 0.228 e. The molecule has 1 aromatic heterocycles. The molecule has 2 aliphatic heterocycles. The topological polar surface area (TPSA) is 50.6 Å². The first-order valence-corrected chi connectivity index (χ1v) is 13.0. The molecule has 2 aliphatic rings. The number of carbonyl (C=O) groups is 1. The van der Waals surface area contributed by atoms with Crippen molar-refractivity contribution >= 4 is 5.91 Å². The van der Waals surface area contributed by atoms with Gasteiger partial charge < -0.3 is 9.64 Å². The highest BCUT2D eigenvalue weighted by atomic mass is 16.5. The second-order valence-electron chi connectivity index (χ2n) is 10.6. The van der Waals surface area contributed by atoms with Crippen molar-refractivity contribution in [1.29, 1.82) is 0 Å². The summed E-state index contributed by atoms with van der Waals surface area (Å²) in [6, 6.07) is 8.72. The van der Waals surface area contributed by atoms with Crippen LogP contribution in [0.25, 0.3) is 0 Å². The zero-order chi connectivity index (χ0) is 24.3. The summed E-state index contributed by atoms with van der Waals surface area (Å²) in [7, 11) is 1.95. The highest BCUT2D eigenvalue weighted by Crippen LogP contribution is 2.39. The first kappa shape index (κ1) is 24.8. The molecule has 0 N–H and O–H groups in total. The lowest BCUT2D eigenvalue weighted by Gasteiger charge is -2.43. The Morgan fingerprint density at radius 3 is 2.50 bits per heavy atom. The van der Waals surface area contributed by atoms with Crippen molar-refractivity contribution in [1.82, 2.24) is 19.6 Å². The van der Waals surface area contributed by atoms with Crippen LogP contribution in [0.15, 0.2) is 24.3 Å². The van der Waals surface area contributed by atoms with Crippen molar-refractivity contribution in [2.45, 2.75) is 78.8 Å². The zero-order valence-electron chi connectivity index (χ0n) is 21.8. The normalized spacial score (nSPS) is 20.1. The van der Waals surface area contributed by atoms with Crippen LogP contribution in [-0.2, 0) is 17.8 Å². The van der Waals surface area contributed by atoms with Crippen LogP contribution >= 0.6 is 0 Å². The summed E-state index contributed by atoms with van der Waals surface area (Å²) in [4.78, 5) is 18.1. The Morgan fingerprint density at radius 1 is 1.06 bits per heavy atom. The molecule has 4 rings (SSSR count). The van der Waals surface area contributed by atoms with E-state index in [0.717, 1.165) is 69.6 Å². The number of benzene rings is 1. The number of aromatic nitrogens is 2. The van der Waals surface area contributed by atoms with Gasteiger partial charge in [0.1, 0.15) is 12.4 Å². The fraction of sp³-hybridized carbons (Fsp3) is 0.643. The van der Waals surface area contributed by atoms with Crippen molar-refractivity contribution in [3.63, 3.8) is 0 Å². The van der Waals surface area contributed by atoms with Gasteiger partial charge in [0, 0.05) is 30.9 Å². The number of likely N-dealkylation sites (N-methyl/N-ethyl adjacent to an activating group) is 1. The standard InChI is InChI=1S/C28H42N4O2/c1-21(2)32-23(4)25(22(3)29-32)20-31-16-14-28(15-17-31)13-9-8-11-24-10-6-7-12-26(24)34-19-18-30(5)27(28)33/h6-7,10,12,21H,8-9,11,13-20H2,1-5H3. The van der Waals surface area contributed by atoms with Crippen LogP contribution < -0.4 is 4.74 Å². The average Bonchev–Trinajstić information content (AvgIpc) is 3.11. The van der Waals surface area contributed by atoms with Crippen LogP contribution in [0.4, 0.5) is 0 Å². The average molecular weight is 467 g/mol. The second-order valence-corrected chi connectivity index (χ2v) is 10.6. The summed E-state index contributed by atoms with van der Waals surface area (Å²) in [5.41, 5.74) is 4.80. The van der Waals surface area contributed by atoms with Gasteiger partial charge in [0.25, 0.3) is 0 Å². The van der Waals surface area contributed by atoms with Crippen molar-refractivity contribution in [3.8, 4) is 5.75 Å². The van der Waals surface area contributed by atoms with Gasteiger partial charge in [-0.25, -0.2) is 0 Å². The van der Waals surface area contributed by atoms with Crippen molar-refractivity contribution in [2.75, 3.05) is 33.3 Å². The van der Waals surface area contributed by atoms with Gasteiger partial charge in [-0.05, 0) is 84.5 Å². The maximum absolute atomic E-state index is 13.7. The largest absolute Gasteiger partial charge is 0.491 e. The minimum atomic E-state index is -0.240. The van der Waals surface area contributed by atoms with E-state index in [4.69, 9.17) is 9.84 Å². The van der Waals surface area contributed by atoms with Crippen LogP contribution in [0.2, 0.25) is 0 Å². The molecule has 0 atom stereocenters. The van der Waals surface area contributed by atoms with Crippen LogP contribution in [-0.4, -0.2) is 58.8 Å². The molecular formula is C28H42N4O2. The SMILES string of the molecule is Cc1nn(C(C)C)c(C)c1CN1CCC2(CCCCc3ccccc3OCCN(C)C2=O)CC1. The fourth-order valence-electron chi connectivity index (χ4n) is 5.79. The number of para-hydroxylation sites is 1. The summed E-state index contributed by atoms with van der Waals surface area (Å²) < 4.78 is 8.21. The Hall–Kier alpha value is -2.34. The molecule has 0 unspecified atom stereocenters. The van der Waals surface area contributed by atoms with Crippen molar-refractivity contribution < 1.29 is 9.53 Å². The third-order valence-corrected chi connectivity index (χ3v) is 7.97. The Bertz CT molecular complexity index is 988. The number of likely N-dealkylation sites (tertiary alicyclic amines) is 1. The van der Waals surface area contributed by atoms with Crippen LogP contribution in [0.3, 0.4) is 0 Å². The molecule has 1 aromatic carbocycles. The van der Waals surface area contributed by atoms with Gasteiger partial charge in [-0.3, -0.25) is 14.4 Å². The number of carbonyl (C=O) groups excluding carboxylic acids is 1. The molecule has 6 nitrogen and oxygen atoms in total. The van der Waals surface area contributed by atoms with Crippen molar-refractivity contribution in [2.24, 2.45) is 5.41 Å². The van der Waals surface area contributed by atoms with E-state index < -0.39 is 0 Å². The van der Waals surface area contributed by atoms with Gasteiger partial charge in [-0.1, -0.05) is 24.6 Å². The third-order valence-electron chi connectivity index (χ3n) is 7.97. The first-order valence-electron chi connectivity index (χ1n) is 13.0. The minimum Gasteiger partial charge on any atom is -0.491 e. The molecule has 6 heteroatoms. The van der Waals surface area contributed by atoms with E-state index in [2.05, 4.69) is 55.5 Å². The number of fused-ring (bicyclic) bond motifs is 1. The Labute approximate surface area is 205 Å². The van der Waals surface area contributed by atoms with Crippen molar-refractivity contribution in [3.05, 3.63) is 46.8 Å². The summed E-state index contributed by atoms with van der Waals surface area (Å²) in [5, 5.41) is 4.77. The quantitative estimate of drug-likeness (QED) is 0.644. The van der Waals surface area contributed by atoms with Crippen LogP contribution in [0.1, 0.15) is 74.5 Å². The molecule has 34 heavy (non-hydrogen) atoms. The van der Waals surface area contributed by atoms with Gasteiger partial charge in [0.2, 0.25) is 5.91 Å². The highest BCUT2D eigenvalue weighted by molar-refractivity contribution is 5.82. The van der Waals surface area contributed by atoms with E-state index in [-0.39, 0.29) is 5.41 Å². The molecule has 0 bridgehead atoms. The lowest BCUT2D eigenvalue weighted by Crippen LogP contribution is -2.50. The molecule has 0 saturated carbocycles. The number of amides is 1. The van der Waals surface area contributed by atoms with E-state index in [9.17, 15) is 4.79 Å². The Morgan fingerprint density at radius 2 is 1.79 bits per heavy atom. The summed E-state index contributed by atoms with van der Waals surface area (Å²) in [6.07, 6.45) is 6.04. The molecule has 1 saturated heterocycles. The second kappa shape index (κ2) is 10.5. The maximum atomic E-state index is 13.7. The maximum Gasteiger partial charge on any atom is 0.228 e. The van der Waals surface area contributed by atoms with E-state index in [1.54, 1.807) is 0 Å². The Kier molecular flexibility index (Phi) is 7.66. The van der Waals surface area contributed by atoms with Gasteiger partial charge in [-0.2, -0.15) is 5.10 Å². The molecule has 2 aromatic rings. The lowest BCUT2D eigenvalue weighted by atomic mass is 9.73. The zero-order valence-corrected chi connectivity index (χ0v) is 21.8. The molecule has 3 heterocycles.